The van der Waals surface area contributed by atoms with Gasteiger partial charge in [-0.25, -0.2) is 4.39 Å². The van der Waals surface area contributed by atoms with Crippen LogP contribution in [-0.4, -0.2) is 7.11 Å². The van der Waals surface area contributed by atoms with Crippen molar-refractivity contribution in [1.82, 2.24) is 0 Å². The molecular weight excluding hydrogens is 155 g/mol. The summed E-state index contributed by atoms with van der Waals surface area (Å²) in [6, 6.07) is 0. The highest BCUT2D eigenvalue weighted by Crippen LogP contribution is 2.28. The number of hydrogen-bond acceptors (Lipinski definition) is 1. The number of allylic oxidation sites excluding steroid dienone is 3. The molecule has 0 N–H and O–H groups in total. The molecule has 1 nitrogen and oxygen atoms in total. The summed E-state index contributed by atoms with van der Waals surface area (Å²) in [4.78, 5) is 0. The molecule has 0 saturated carbocycles. The lowest BCUT2D eigenvalue weighted by atomic mass is 9.89. The molecule has 0 radical (unpaired) electrons. The van der Waals surface area contributed by atoms with Crippen molar-refractivity contribution in [3.8, 4) is 0 Å². The third-order valence-corrected chi connectivity index (χ3v) is 2.25. The first-order valence-electron chi connectivity index (χ1n) is 4.27. The Balaban J connectivity index is 2.73. The van der Waals surface area contributed by atoms with Gasteiger partial charge in [-0.15, -0.1) is 0 Å². The van der Waals surface area contributed by atoms with Crippen LogP contribution in [0.1, 0.15) is 20.3 Å². The number of ether oxygens (including phenoxy) is 1. The molecule has 68 valence electrons. The summed E-state index contributed by atoms with van der Waals surface area (Å²) in [6.07, 6.45) is 4.26. The SMILES string of the molecule is COC1=CC(C(C)C)CC=C1F. The Bertz CT molecular complexity index is 216. The van der Waals surface area contributed by atoms with E-state index in [1.807, 2.05) is 6.08 Å². The van der Waals surface area contributed by atoms with E-state index in [4.69, 9.17) is 4.74 Å². The quantitative estimate of drug-likeness (QED) is 0.619. The first-order valence-corrected chi connectivity index (χ1v) is 4.27. The predicted molar refractivity (Wildman–Crippen MR) is 47.2 cm³/mol. The number of hydrogen-bond donors (Lipinski definition) is 0. The molecule has 1 aliphatic carbocycles. The molecule has 0 aromatic carbocycles. The highest BCUT2D eigenvalue weighted by atomic mass is 19.1. The van der Waals surface area contributed by atoms with Crippen LogP contribution < -0.4 is 0 Å². The molecule has 12 heavy (non-hydrogen) atoms. The van der Waals surface area contributed by atoms with E-state index in [1.165, 1.54) is 7.11 Å². The third-order valence-electron chi connectivity index (χ3n) is 2.25. The Morgan fingerprint density at radius 2 is 2.25 bits per heavy atom. The zero-order valence-electron chi connectivity index (χ0n) is 7.80. The number of methoxy groups -OCH3 is 1. The van der Waals surface area contributed by atoms with E-state index in [1.54, 1.807) is 6.08 Å². The molecule has 0 spiro atoms. The monoisotopic (exact) mass is 170 g/mol. The van der Waals surface area contributed by atoms with Crippen molar-refractivity contribution in [1.29, 1.82) is 0 Å². The van der Waals surface area contributed by atoms with Gasteiger partial charge in [-0.2, -0.15) is 0 Å². The van der Waals surface area contributed by atoms with Crippen molar-refractivity contribution < 1.29 is 9.13 Å². The van der Waals surface area contributed by atoms with Crippen LogP contribution in [0.15, 0.2) is 23.7 Å². The van der Waals surface area contributed by atoms with Crippen LogP contribution in [0.2, 0.25) is 0 Å². The van der Waals surface area contributed by atoms with Crippen LogP contribution in [0.4, 0.5) is 4.39 Å². The molecule has 0 aliphatic heterocycles. The molecule has 1 atom stereocenters. The molecule has 0 aromatic heterocycles. The largest absolute Gasteiger partial charge is 0.494 e. The average molecular weight is 170 g/mol. The molecular formula is C10H15FO. The van der Waals surface area contributed by atoms with Gasteiger partial charge in [0.05, 0.1) is 7.11 Å². The second-order valence-electron chi connectivity index (χ2n) is 3.43. The van der Waals surface area contributed by atoms with Crippen molar-refractivity contribution in [2.75, 3.05) is 7.11 Å². The summed E-state index contributed by atoms with van der Waals surface area (Å²) in [6.45, 7) is 4.26. The van der Waals surface area contributed by atoms with Gasteiger partial charge >= 0.3 is 0 Å². The topological polar surface area (TPSA) is 9.23 Å². The molecule has 0 aromatic rings. The summed E-state index contributed by atoms with van der Waals surface area (Å²) >= 11 is 0. The van der Waals surface area contributed by atoms with Gasteiger partial charge in [0.2, 0.25) is 0 Å². The zero-order chi connectivity index (χ0) is 9.14. The molecule has 1 rings (SSSR count). The van der Waals surface area contributed by atoms with E-state index in [0.29, 0.717) is 17.6 Å². The van der Waals surface area contributed by atoms with Gasteiger partial charge in [-0.05, 0) is 30.4 Å². The summed E-state index contributed by atoms with van der Waals surface area (Å²) < 4.78 is 17.9. The lowest BCUT2D eigenvalue weighted by Gasteiger charge is -2.20. The summed E-state index contributed by atoms with van der Waals surface area (Å²) in [7, 11) is 1.50. The summed E-state index contributed by atoms with van der Waals surface area (Å²) in [5.74, 6) is 1.12. The fourth-order valence-corrected chi connectivity index (χ4v) is 1.31. The molecule has 0 bridgehead atoms. The van der Waals surface area contributed by atoms with Crippen LogP contribution >= 0.6 is 0 Å². The van der Waals surface area contributed by atoms with Crippen molar-refractivity contribution >= 4 is 0 Å². The van der Waals surface area contributed by atoms with Crippen LogP contribution in [0.5, 0.6) is 0 Å². The van der Waals surface area contributed by atoms with E-state index in [2.05, 4.69) is 13.8 Å². The molecule has 1 aliphatic rings. The van der Waals surface area contributed by atoms with E-state index >= 15 is 0 Å². The molecule has 1 unspecified atom stereocenters. The van der Waals surface area contributed by atoms with Gasteiger partial charge in [-0.3, -0.25) is 0 Å². The van der Waals surface area contributed by atoms with Crippen LogP contribution in [0.3, 0.4) is 0 Å². The Morgan fingerprint density at radius 3 is 2.75 bits per heavy atom. The minimum absolute atomic E-state index is 0.227. The predicted octanol–water partition coefficient (Wildman–Crippen LogP) is 3.05. The maximum atomic E-state index is 13.0. The molecule has 0 amide bonds. The lowest BCUT2D eigenvalue weighted by Crippen LogP contribution is -2.10. The fraction of sp³-hybridized carbons (Fsp3) is 0.600. The molecule has 2 heteroatoms. The first-order chi connectivity index (χ1) is 5.65. The third kappa shape index (κ3) is 1.87. The van der Waals surface area contributed by atoms with Crippen LogP contribution in [0.25, 0.3) is 0 Å². The average Bonchev–Trinajstić information content (AvgIpc) is 2.05. The van der Waals surface area contributed by atoms with Gasteiger partial charge in [0, 0.05) is 0 Å². The van der Waals surface area contributed by atoms with Gasteiger partial charge in [0.15, 0.2) is 5.83 Å². The van der Waals surface area contributed by atoms with Crippen molar-refractivity contribution in [2.24, 2.45) is 11.8 Å². The van der Waals surface area contributed by atoms with Gasteiger partial charge in [0.1, 0.15) is 5.76 Å². The molecule has 0 saturated heterocycles. The van der Waals surface area contributed by atoms with Gasteiger partial charge in [-0.1, -0.05) is 13.8 Å². The first kappa shape index (κ1) is 9.30. The number of halogens is 1. The Kier molecular flexibility index (Phi) is 2.90. The van der Waals surface area contributed by atoms with Crippen LogP contribution in [0, 0.1) is 11.8 Å². The van der Waals surface area contributed by atoms with E-state index in [0.717, 1.165) is 6.42 Å². The van der Waals surface area contributed by atoms with E-state index < -0.39 is 0 Å². The van der Waals surface area contributed by atoms with Crippen molar-refractivity contribution in [3.63, 3.8) is 0 Å². The minimum Gasteiger partial charge on any atom is -0.494 e. The van der Waals surface area contributed by atoms with Crippen molar-refractivity contribution in [2.45, 2.75) is 20.3 Å². The van der Waals surface area contributed by atoms with Crippen molar-refractivity contribution in [3.05, 3.63) is 23.7 Å². The highest BCUT2D eigenvalue weighted by Gasteiger charge is 2.18. The standard InChI is InChI=1S/C10H15FO/c1-7(2)8-4-5-9(11)10(6-8)12-3/h5-8H,4H2,1-3H3. The van der Waals surface area contributed by atoms with E-state index in [9.17, 15) is 4.39 Å². The zero-order valence-corrected chi connectivity index (χ0v) is 7.80. The Labute approximate surface area is 72.9 Å². The summed E-state index contributed by atoms with van der Waals surface area (Å²) in [5, 5.41) is 0. The maximum absolute atomic E-state index is 13.0. The Morgan fingerprint density at radius 1 is 1.58 bits per heavy atom. The summed E-state index contributed by atoms with van der Waals surface area (Å²) in [5.41, 5.74) is 0. The van der Waals surface area contributed by atoms with Crippen LogP contribution in [-0.2, 0) is 4.74 Å². The van der Waals surface area contributed by atoms with Gasteiger partial charge < -0.3 is 4.74 Å². The second-order valence-corrected chi connectivity index (χ2v) is 3.43. The highest BCUT2D eigenvalue weighted by molar-refractivity contribution is 5.24. The minimum atomic E-state index is -0.227. The second kappa shape index (κ2) is 3.74. The maximum Gasteiger partial charge on any atom is 0.160 e. The number of rotatable bonds is 2. The Hall–Kier alpha value is -0.790. The molecule has 0 fully saturated rings. The molecule has 0 heterocycles. The smallest absolute Gasteiger partial charge is 0.160 e. The van der Waals surface area contributed by atoms with E-state index in [-0.39, 0.29) is 5.83 Å². The normalized spacial score (nSPS) is 23.6. The fourth-order valence-electron chi connectivity index (χ4n) is 1.31. The lowest BCUT2D eigenvalue weighted by molar-refractivity contribution is 0.269. The van der Waals surface area contributed by atoms with Gasteiger partial charge in [0.25, 0.3) is 0 Å².